The van der Waals surface area contributed by atoms with Gasteiger partial charge in [-0.2, -0.15) is 0 Å². The first-order valence-corrected chi connectivity index (χ1v) is 13.4. The maximum atomic E-state index is 12.9. The summed E-state index contributed by atoms with van der Waals surface area (Å²) >= 11 is 1.64. The van der Waals surface area contributed by atoms with E-state index in [-0.39, 0.29) is 11.7 Å². The van der Waals surface area contributed by atoms with Crippen LogP contribution in [0.4, 0.5) is 11.5 Å². The summed E-state index contributed by atoms with van der Waals surface area (Å²) in [5.74, 6) is 0.913. The summed E-state index contributed by atoms with van der Waals surface area (Å²) in [4.78, 5) is 19.7. The summed E-state index contributed by atoms with van der Waals surface area (Å²) < 4.78 is 12.4. The summed E-state index contributed by atoms with van der Waals surface area (Å²) in [6.07, 6.45) is 6.11. The lowest BCUT2D eigenvalue weighted by Gasteiger charge is -2.14. The quantitative estimate of drug-likeness (QED) is 0.217. The molecule has 3 heterocycles. The number of nitrogens with two attached hydrogens (primary N) is 1. The molecule has 0 fully saturated rings. The molecule has 0 radical (unpaired) electrons. The van der Waals surface area contributed by atoms with Gasteiger partial charge in [-0.25, -0.2) is 4.98 Å². The molecule has 5 aromatic rings. The van der Waals surface area contributed by atoms with Crippen molar-refractivity contribution in [1.82, 2.24) is 9.88 Å². The van der Waals surface area contributed by atoms with Crippen LogP contribution >= 0.6 is 11.3 Å². The van der Waals surface area contributed by atoms with Crippen molar-refractivity contribution in [2.45, 2.75) is 13.8 Å². The fourth-order valence-corrected chi connectivity index (χ4v) is 5.55. The molecule has 0 unspecified atom stereocenters. The third-order valence-electron chi connectivity index (χ3n) is 6.62. The van der Waals surface area contributed by atoms with Gasteiger partial charge in [-0.15, -0.1) is 11.3 Å². The second-order valence-corrected chi connectivity index (χ2v) is 9.74. The van der Waals surface area contributed by atoms with E-state index < -0.39 is 0 Å². The number of aromatic nitrogens is 1. The Morgan fingerprint density at radius 3 is 2.76 bits per heavy atom. The topological polar surface area (TPSA) is 93.6 Å². The molecule has 0 bridgehead atoms. The number of methoxy groups -OCH3 is 1. The number of benzene rings is 2. The minimum Gasteiger partial charge on any atom is -0.495 e. The number of anilines is 2. The van der Waals surface area contributed by atoms with Gasteiger partial charge in [0.2, 0.25) is 0 Å². The Hall–Kier alpha value is -4.14. The molecule has 3 aromatic heterocycles. The number of para-hydroxylation sites is 1. The molecule has 0 aliphatic rings. The van der Waals surface area contributed by atoms with Crippen LogP contribution in [0.3, 0.4) is 0 Å². The highest BCUT2D eigenvalue weighted by Crippen LogP contribution is 2.41. The van der Waals surface area contributed by atoms with Gasteiger partial charge in [-0.1, -0.05) is 50.3 Å². The molecular formula is C30H30N4O3S. The van der Waals surface area contributed by atoms with Crippen LogP contribution < -0.4 is 15.8 Å². The number of nitrogens with one attached hydrogen (secondary N) is 1. The van der Waals surface area contributed by atoms with Gasteiger partial charge in [0, 0.05) is 39.3 Å². The number of fused-ring (bicyclic) bond motifs is 2. The van der Waals surface area contributed by atoms with Gasteiger partial charge in [-0.3, -0.25) is 4.79 Å². The SMILES string of the molecule is CCN(CC)CC=Cc1cnc(N)c2c(-c3ccc(NC(=O)c4cc5ccccc5o4)c(OC)c3)csc12. The summed E-state index contributed by atoms with van der Waals surface area (Å²) in [7, 11) is 1.58. The predicted molar refractivity (Wildman–Crippen MR) is 157 cm³/mol. The van der Waals surface area contributed by atoms with Crippen LogP contribution in [0.1, 0.15) is 30.0 Å². The highest BCUT2D eigenvalue weighted by molar-refractivity contribution is 7.18. The standard InChI is InChI=1S/C30H30N4O3S/c1-4-34(5-2)14-8-10-21-17-32-29(31)27-22(18-38-28(21)27)19-12-13-23(25(15-19)36-3)33-30(35)26-16-20-9-6-7-11-24(20)37-26/h6-13,15-18H,4-5,14H2,1-3H3,(H2,31,32)(H,33,35). The van der Waals surface area contributed by atoms with Crippen LogP contribution in [0.15, 0.2) is 70.6 Å². The second kappa shape index (κ2) is 11.1. The van der Waals surface area contributed by atoms with Crippen LogP contribution in [0.25, 0.3) is 38.3 Å². The zero-order valence-corrected chi connectivity index (χ0v) is 22.5. The van der Waals surface area contributed by atoms with Crippen LogP contribution in [0, 0.1) is 0 Å². The van der Waals surface area contributed by atoms with Crippen LogP contribution in [0.2, 0.25) is 0 Å². The Labute approximate surface area is 225 Å². The number of carbonyl (C=O) groups is 1. The van der Waals surface area contributed by atoms with E-state index in [1.54, 1.807) is 24.5 Å². The third kappa shape index (κ3) is 5.01. The maximum absolute atomic E-state index is 12.9. The molecule has 8 heteroatoms. The minimum atomic E-state index is -0.345. The Kier molecular flexibility index (Phi) is 7.44. The largest absolute Gasteiger partial charge is 0.495 e. The summed E-state index contributed by atoms with van der Waals surface area (Å²) in [5.41, 5.74) is 10.5. The molecular weight excluding hydrogens is 496 g/mol. The lowest BCUT2D eigenvalue weighted by Crippen LogP contribution is -2.22. The lowest BCUT2D eigenvalue weighted by atomic mass is 10.0. The number of ether oxygens (including phenoxy) is 1. The zero-order chi connectivity index (χ0) is 26.6. The van der Waals surface area contributed by atoms with Crippen molar-refractivity contribution in [1.29, 1.82) is 0 Å². The number of carbonyl (C=O) groups excluding carboxylic acids is 1. The molecule has 2 aromatic carbocycles. The molecule has 5 rings (SSSR count). The number of hydrogen-bond acceptors (Lipinski definition) is 7. The highest BCUT2D eigenvalue weighted by atomic mass is 32.1. The number of nitrogens with zero attached hydrogens (tertiary/aromatic N) is 2. The molecule has 0 atom stereocenters. The number of amides is 1. The van der Waals surface area contributed by atoms with E-state index in [1.165, 1.54) is 0 Å². The molecule has 0 saturated heterocycles. The lowest BCUT2D eigenvalue weighted by molar-refractivity contribution is 0.0998. The number of thiophene rings is 1. The van der Waals surface area contributed by atoms with Gasteiger partial charge in [0.05, 0.1) is 12.8 Å². The van der Waals surface area contributed by atoms with Crippen molar-refractivity contribution < 1.29 is 13.9 Å². The van der Waals surface area contributed by atoms with Crippen molar-refractivity contribution in [2.75, 3.05) is 37.8 Å². The van der Waals surface area contributed by atoms with Crippen molar-refractivity contribution in [3.05, 3.63) is 77.5 Å². The summed E-state index contributed by atoms with van der Waals surface area (Å²) in [6, 6.07) is 14.9. The monoisotopic (exact) mass is 526 g/mol. The molecule has 0 aliphatic heterocycles. The minimum absolute atomic E-state index is 0.238. The molecule has 0 saturated carbocycles. The summed E-state index contributed by atoms with van der Waals surface area (Å²) in [6.45, 7) is 7.23. The number of likely N-dealkylation sites (N-methyl/N-ethyl adjacent to an activating group) is 1. The van der Waals surface area contributed by atoms with Gasteiger partial charge < -0.3 is 25.1 Å². The number of pyridine rings is 1. The van der Waals surface area contributed by atoms with E-state index in [0.29, 0.717) is 22.8 Å². The first-order chi connectivity index (χ1) is 18.5. The molecule has 1 amide bonds. The van der Waals surface area contributed by atoms with Crippen molar-refractivity contribution in [3.63, 3.8) is 0 Å². The van der Waals surface area contributed by atoms with E-state index in [9.17, 15) is 4.79 Å². The molecule has 7 nitrogen and oxygen atoms in total. The van der Waals surface area contributed by atoms with Crippen molar-refractivity contribution >= 4 is 55.9 Å². The Balaban J connectivity index is 1.43. The van der Waals surface area contributed by atoms with E-state index in [0.717, 1.165) is 51.8 Å². The fraction of sp³-hybridized carbons (Fsp3) is 0.200. The smallest absolute Gasteiger partial charge is 0.291 e. The molecule has 38 heavy (non-hydrogen) atoms. The number of nitrogen functional groups attached to an aromatic ring is 1. The van der Waals surface area contributed by atoms with Gasteiger partial charge >= 0.3 is 0 Å². The van der Waals surface area contributed by atoms with E-state index in [4.69, 9.17) is 14.9 Å². The third-order valence-corrected chi connectivity index (χ3v) is 7.65. The average Bonchev–Trinajstić information content (AvgIpc) is 3.58. The van der Waals surface area contributed by atoms with Crippen molar-refractivity contribution in [2.24, 2.45) is 0 Å². The van der Waals surface area contributed by atoms with Crippen LogP contribution in [-0.2, 0) is 0 Å². The van der Waals surface area contributed by atoms with Gasteiger partial charge in [0.1, 0.15) is 17.2 Å². The molecule has 3 N–H and O–H groups in total. The zero-order valence-electron chi connectivity index (χ0n) is 21.7. The normalized spacial score (nSPS) is 11.7. The van der Waals surface area contributed by atoms with Gasteiger partial charge in [0.15, 0.2) is 5.76 Å². The van der Waals surface area contributed by atoms with E-state index in [1.807, 2.05) is 48.7 Å². The van der Waals surface area contributed by atoms with E-state index >= 15 is 0 Å². The fourth-order valence-electron chi connectivity index (χ4n) is 4.47. The van der Waals surface area contributed by atoms with Crippen LogP contribution in [-0.4, -0.2) is 42.5 Å². The number of hydrogen-bond donors (Lipinski definition) is 2. The number of furan rings is 1. The first kappa shape index (κ1) is 25.5. The Morgan fingerprint density at radius 1 is 1.18 bits per heavy atom. The predicted octanol–water partition coefficient (Wildman–Crippen LogP) is 6.91. The first-order valence-electron chi connectivity index (χ1n) is 12.5. The average molecular weight is 527 g/mol. The van der Waals surface area contributed by atoms with E-state index in [2.05, 4.69) is 46.6 Å². The molecule has 194 valence electrons. The molecule has 0 aliphatic carbocycles. The second-order valence-electron chi connectivity index (χ2n) is 8.86. The summed E-state index contributed by atoms with van der Waals surface area (Å²) in [5, 5.41) is 6.79. The highest BCUT2D eigenvalue weighted by Gasteiger charge is 2.18. The number of rotatable bonds is 9. The molecule has 0 spiro atoms. The van der Waals surface area contributed by atoms with Crippen LogP contribution in [0.5, 0.6) is 5.75 Å². The van der Waals surface area contributed by atoms with Gasteiger partial charge in [-0.05, 0) is 48.3 Å². The Morgan fingerprint density at radius 2 is 2.00 bits per heavy atom. The van der Waals surface area contributed by atoms with Gasteiger partial charge in [0.25, 0.3) is 5.91 Å². The Bertz CT molecular complexity index is 1600. The van der Waals surface area contributed by atoms with Crippen molar-refractivity contribution in [3.8, 4) is 16.9 Å². The maximum Gasteiger partial charge on any atom is 0.291 e.